The number of carboxylic acids is 1. The van der Waals surface area contributed by atoms with E-state index >= 15 is 0 Å². The van der Waals surface area contributed by atoms with Crippen LogP contribution < -0.4 is 0 Å². The molecule has 0 aromatic rings. The van der Waals surface area contributed by atoms with E-state index in [1.165, 1.54) is 0 Å². The smallest absolute Gasteiger partial charge is 0.331 e. The molecule has 90 valence electrons. The molecular weight excluding hydrogens is 219 g/mol. The molecule has 1 atom stereocenters. The van der Waals surface area contributed by atoms with Gasteiger partial charge < -0.3 is 14.2 Å². The van der Waals surface area contributed by atoms with Gasteiger partial charge in [-0.15, -0.1) is 0 Å². The molecule has 0 aliphatic heterocycles. The van der Waals surface area contributed by atoms with E-state index in [1.54, 1.807) is 20.8 Å². The highest BCUT2D eigenvalue weighted by Crippen LogP contribution is 2.49. The highest BCUT2D eigenvalue weighted by Gasteiger charge is 2.31. The first-order valence-electron chi connectivity index (χ1n) is 5.10. The summed E-state index contributed by atoms with van der Waals surface area (Å²) in [4.78, 5) is 10.8. The van der Waals surface area contributed by atoms with Gasteiger partial charge in [-0.2, -0.15) is 0 Å². The summed E-state index contributed by atoms with van der Waals surface area (Å²) in [6, 6.07) is 0. The Morgan fingerprint density at radius 1 is 1.27 bits per heavy atom. The highest BCUT2D eigenvalue weighted by atomic mass is 31.2. The lowest BCUT2D eigenvalue weighted by atomic mass is 10.1. The van der Waals surface area contributed by atoms with E-state index in [4.69, 9.17) is 14.2 Å². The van der Waals surface area contributed by atoms with Crippen molar-refractivity contribution in [3.05, 3.63) is 0 Å². The van der Waals surface area contributed by atoms with Crippen molar-refractivity contribution in [2.24, 2.45) is 5.92 Å². The second kappa shape index (κ2) is 6.99. The zero-order valence-corrected chi connectivity index (χ0v) is 10.3. The highest BCUT2D eigenvalue weighted by molar-refractivity contribution is 7.53. The monoisotopic (exact) mass is 238 g/mol. The van der Waals surface area contributed by atoms with Crippen LogP contribution in [-0.4, -0.2) is 30.5 Å². The van der Waals surface area contributed by atoms with Crippen LogP contribution in [0.5, 0.6) is 0 Å². The van der Waals surface area contributed by atoms with Crippen LogP contribution in [0.15, 0.2) is 0 Å². The molecule has 0 spiro atoms. The molecule has 0 amide bonds. The summed E-state index contributed by atoms with van der Waals surface area (Å²) in [5.74, 6) is -1.63. The Morgan fingerprint density at radius 2 is 1.73 bits per heavy atom. The number of hydrogen-bond donors (Lipinski definition) is 1. The van der Waals surface area contributed by atoms with Crippen molar-refractivity contribution < 1.29 is 23.5 Å². The van der Waals surface area contributed by atoms with E-state index in [2.05, 4.69) is 0 Å². The second-order valence-electron chi connectivity index (χ2n) is 3.07. The lowest BCUT2D eigenvalue weighted by Crippen LogP contribution is -2.18. The van der Waals surface area contributed by atoms with Gasteiger partial charge in [-0.05, 0) is 20.3 Å². The van der Waals surface area contributed by atoms with Crippen molar-refractivity contribution in [3.8, 4) is 0 Å². The number of aliphatic carboxylic acids is 1. The van der Waals surface area contributed by atoms with Gasteiger partial charge in [0.15, 0.2) is 0 Å². The molecule has 0 aliphatic carbocycles. The first-order chi connectivity index (χ1) is 6.99. The fourth-order valence-corrected chi connectivity index (χ4v) is 3.21. The largest absolute Gasteiger partial charge is 0.481 e. The molecule has 0 saturated heterocycles. The van der Waals surface area contributed by atoms with E-state index in [0.717, 1.165) is 0 Å². The van der Waals surface area contributed by atoms with Gasteiger partial charge in [-0.1, -0.05) is 6.92 Å². The van der Waals surface area contributed by atoms with Gasteiger partial charge in [-0.3, -0.25) is 9.36 Å². The lowest BCUT2D eigenvalue weighted by molar-refractivity contribution is -0.141. The minimum atomic E-state index is -3.23. The summed E-state index contributed by atoms with van der Waals surface area (Å²) >= 11 is 0. The predicted octanol–water partition coefficient (Wildman–Crippen LogP) is 2.36. The third-order valence-electron chi connectivity index (χ3n) is 1.94. The molecule has 0 bridgehead atoms. The Hall–Kier alpha value is -0.380. The summed E-state index contributed by atoms with van der Waals surface area (Å²) in [7, 11) is -3.23. The Labute approximate surface area is 90.3 Å². The van der Waals surface area contributed by atoms with Gasteiger partial charge in [0, 0.05) is 0 Å². The fourth-order valence-electron chi connectivity index (χ4n) is 1.19. The van der Waals surface area contributed by atoms with Gasteiger partial charge in [0.05, 0.1) is 25.3 Å². The summed E-state index contributed by atoms with van der Waals surface area (Å²) in [6.07, 6.45) is 0.361. The predicted molar refractivity (Wildman–Crippen MR) is 57.1 cm³/mol. The van der Waals surface area contributed by atoms with Crippen LogP contribution >= 0.6 is 7.60 Å². The summed E-state index contributed by atoms with van der Waals surface area (Å²) < 4.78 is 22.0. The number of rotatable bonds is 8. The molecule has 0 radical (unpaired) electrons. The van der Waals surface area contributed by atoms with Gasteiger partial charge in [-0.25, -0.2) is 0 Å². The third kappa shape index (κ3) is 5.30. The molecule has 0 aliphatic rings. The van der Waals surface area contributed by atoms with Crippen molar-refractivity contribution in [2.45, 2.75) is 27.2 Å². The first kappa shape index (κ1) is 14.6. The number of carboxylic acid groups (broad SMARTS) is 1. The van der Waals surface area contributed by atoms with Crippen molar-refractivity contribution >= 4 is 13.6 Å². The van der Waals surface area contributed by atoms with Crippen LogP contribution in [0, 0.1) is 5.92 Å². The van der Waals surface area contributed by atoms with Gasteiger partial charge in [0.2, 0.25) is 0 Å². The molecule has 0 heterocycles. The molecule has 6 heteroatoms. The molecular formula is C9H19O5P. The Bertz CT molecular complexity index is 231. The number of hydrogen-bond acceptors (Lipinski definition) is 4. The maximum atomic E-state index is 12.0. The minimum absolute atomic E-state index is 0.0550. The maximum Gasteiger partial charge on any atom is 0.331 e. The summed E-state index contributed by atoms with van der Waals surface area (Å²) in [5.41, 5.74) is 0. The molecule has 1 unspecified atom stereocenters. The van der Waals surface area contributed by atoms with Gasteiger partial charge in [0.1, 0.15) is 0 Å². The third-order valence-corrected chi connectivity index (χ3v) is 4.13. The lowest BCUT2D eigenvalue weighted by Gasteiger charge is -2.19. The van der Waals surface area contributed by atoms with E-state index in [0.29, 0.717) is 6.42 Å². The van der Waals surface area contributed by atoms with Crippen LogP contribution in [0.2, 0.25) is 0 Å². The Kier molecular flexibility index (Phi) is 6.81. The molecule has 5 nitrogen and oxygen atoms in total. The normalized spacial score (nSPS) is 13.8. The Morgan fingerprint density at radius 3 is 2.00 bits per heavy atom. The molecule has 0 saturated carbocycles. The van der Waals surface area contributed by atoms with Crippen molar-refractivity contribution in [1.82, 2.24) is 0 Å². The topological polar surface area (TPSA) is 72.8 Å². The molecule has 0 fully saturated rings. The summed E-state index contributed by atoms with van der Waals surface area (Å²) in [5, 5.41) is 8.84. The van der Waals surface area contributed by atoms with Gasteiger partial charge >= 0.3 is 13.6 Å². The average molecular weight is 238 g/mol. The van der Waals surface area contributed by atoms with E-state index in [9.17, 15) is 9.36 Å². The van der Waals surface area contributed by atoms with Crippen molar-refractivity contribution in [2.75, 3.05) is 19.4 Å². The fraction of sp³-hybridized carbons (Fsp3) is 0.889. The SMILES string of the molecule is CCOP(=O)(CC(CC)C(=O)O)OCC. The minimum Gasteiger partial charge on any atom is -0.481 e. The van der Waals surface area contributed by atoms with Crippen LogP contribution in [0.3, 0.4) is 0 Å². The van der Waals surface area contributed by atoms with Crippen LogP contribution in [0.25, 0.3) is 0 Å². The molecule has 1 N–H and O–H groups in total. The zero-order chi connectivity index (χ0) is 11.9. The van der Waals surface area contributed by atoms with Crippen LogP contribution in [-0.2, 0) is 18.4 Å². The molecule has 15 heavy (non-hydrogen) atoms. The van der Waals surface area contributed by atoms with E-state index < -0.39 is 19.5 Å². The van der Waals surface area contributed by atoms with Crippen LogP contribution in [0.1, 0.15) is 27.2 Å². The van der Waals surface area contributed by atoms with Crippen molar-refractivity contribution in [3.63, 3.8) is 0 Å². The van der Waals surface area contributed by atoms with E-state index in [1.807, 2.05) is 0 Å². The molecule has 0 rings (SSSR count). The Balaban J connectivity index is 4.50. The second-order valence-corrected chi connectivity index (χ2v) is 5.18. The van der Waals surface area contributed by atoms with E-state index in [-0.39, 0.29) is 19.4 Å². The zero-order valence-electron chi connectivity index (χ0n) is 9.43. The number of carbonyl (C=O) groups is 1. The van der Waals surface area contributed by atoms with Gasteiger partial charge in [0.25, 0.3) is 0 Å². The quantitative estimate of drug-likeness (QED) is 0.657. The average Bonchev–Trinajstić information content (AvgIpc) is 2.14. The first-order valence-corrected chi connectivity index (χ1v) is 6.82. The molecule has 0 aromatic carbocycles. The maximum absolute atomic E-state index is 12.0. The standard InChI is InChI=1S/C9H19O5P/c1-4-8(9(10)11)7-15(12,13-5-2)14-6-3/h8H,4-7H2,1-3H3,(H,10,11). The van der Waals surface area contributed by atoms with Crippen LogP contribution in [0.4, 0.5) is 0 Å². The summed E-state index contributed by atoms with van der Waals surface area (Å²) in [6.45, 7) is 5.66. The van der Waals surface area contributed by atoms with Crippen molar-refractivity contribution in [1.29, 1.82) is 0 Å². The molecule has 0 aromatic heterocycles.